The molecule has 0 amide bonds. The van der Waals surface area contributed by atoms with Crippen molar-refractivity contribution in [2.45, 2.75) is 31.8 Å². The molecule has 1 aliphatic rings. The number of hydrogen-bond acceptors (Lipinski definition) is 5. The summed E-state index contributed by atoms with van der Waals surface area (Å²) < 4.78 is 0. The van der Waals surface area contributed by atoms with Gasteiger partial charge in [0, 0.05) is 30.4 Å². The Morgan fingerprint density at radius 1 is 1.60 bits per heavy atom. The van der Waals surface area contributed by atoms with Crippen LogP contribution in [0.15, 0.2) is 18.2 Å². The maximum atomic E-state index is 10.9. The van der Waals surface area contributed by atoms with Gasteiger partial charge in [-0.05, 0) is 38.9 Å². The summed E-state index contributed by atoms with van der Waals surface area (Å²) in [6, 6.07) is 7.48. The largest absolute Gasteiger partial charge is 0.383 e. The van der Waals surface area contributed by atoms with Gasteiger partial charge >= 0.3 is 0 Å². The van der Waals surface area contributed by atoms with E-state index < -0.39 is 4.92 Å². The Morgan fingerprint density at radius 2 is 2.30 bits per heavy atom. The summed E-state index contributed by atoms with van der Waals surface area (Å²) in [6.07, 6.45) is 2.51. The molecule has 106 valence electrons. The number of nitro benzene ring substituents is 1. The number of likely N-dealkylation sites (N-methyl/N-ethyl adjacent to an activating group) is 1. The molecule has 1 aromatic carbocycles. The van der Waals surface area contributed by atoms with Crippen LogP contribution in [-0.2, 0) is 0 Å². The molecule has 1 aromatic rings. The minimum absolute atomic E-state index is 0.0868. The van der Waals surface area contributed by atoms with Crippen molar-refractivity contribution in [2.75, 3.05) is 18.9 Å². The quantitative estimate of drug-likeness (QED) is 0.636. The van der Waals surface area contributed by atoms with Crippen molar-refractivity contribution in [2.24, 2.45) is 0 Å². The summed E-state index contributed by atoms with van der Waals surface area (Å²) >= 11 is 0. The van der Waals surface area contributed by atoms with E-state index in [0.29, 0.717) is 17.8 Å². The first-order chi connectivity index (χ1) is 9.52. The van der Waals surface area contributed by atoms with Crippen molar-refractivity contribution >= 4 is 11.4 Å². The van der Waals surface area contributed by atoms with Crippen LogP contribution in [0.1, 0.15) is 25.3 Å². The number of nitriles is 1. The SMILES string of the molecule is CC(CNc1ccc(C#N)c([N+](=O)[O-])c1)N(C)C1CC1. The van der Waals surface area contributed by atoms with Gasteiger partial charge in [0.25, 0.3) is 5.69 Å². The third-order valence-corrected chi connectivity index (χ3v) is 3.73. The van der Waals surface area contributed by atoms with Crippen LogP contribution >= 0.6 is 0 Å². The van der Waals surface area contributed by atoms with Gasteiger partial charge in [-0.3, -0.25) is 15.0 Å². The number of benzene rings is 1. The molecular formula is C14H18N4O2. The van der Waals surface area contributed by atoms with Crippen molar-refractivity contribution in [3.8, 4) is 6.07 Å². The highest BCUT2D eigenvalue weighted by atomic mass is 16.6. The van der Waals surface area contributed by atoms with Gasteiger partial charge < -0.3 is 5.32 Å². The lowest BCUT2D eigenvalue weighted by Crippen LogP contribution is -2.36. The molecule has 1 saturated carbocycles. The van der Waals surface area contributed by atoms with Crippen molar-refractivity contribution in [3.63, 3.8) is 0 Å². The van der Waals surface area contributed by atoms with Crippen LogP contribution in [0.4, 0.5) is 11.4 Å². The number of nitro groups is 1. The van der Waals surface area contributed by atoms with Crippen LogP contribution in [-0.4, -0.2) is 35.5 Å². The number of hydrogen-bond donors (Lipinski definition) is 1. The van der Waals surface area contributed by atoms with Crippen molar-refractivity contribution in [3.05, 3.63) is 33.9 Å². The molecule has 2 rings (SSSR count). The second-order valence-corrected chi connectivity index (χ2v) is 5.23. The smallest absolute Gasteiger partial charge is 0.289 e. The average Bonchev–Trinajstić information content (AvgIpc) is 3.28. The summed E-state index contributed by atoms with van der Waals surface area (Å²) in [5, 5.41) is 22.9. The van der Waals surface area contributed by atoms with Crippen LogP contribution in [0, 0.1) is 21.4 Å². The van der Waals surface area contributed by atoms with Crippen LogP contribution in [0.2, 0.25) is 0 Å². The lowest BCUT2D eigenvalue weighted by molar-refractivity contribution is -0.385. The molecule has 1 atom stereocenters. The highest BCUT2D eigenvalue weighted by Crippen LogP contribution is 2.27. The zero-order chi connectivity index (χ0) is 14.7. The predicted molar refractivity (Wildman–Crippen MR) is 76.5 cm³/mol. The summed E-state index contributed by atoms with van der Waals surface area (Å²) in [4.78, 5) is 12.7. The van der Waals surface area contributed by atoms with E-state index in [2.05, 4.69) is 24.2 Å². The molecule has 1 unspecified atom stereocenters. The zero-order valence-electron chi connectivity index (χ0n) is 11.7. The third kappa shape index (κ3) is 3.25. The number of nitrogens with zero attached hydrogens (tertiary/aromatic N) is 3. The molecule has 0 aliphatic heterocycles. The van der Waals surface area contributed by atoms with Gasteiger partial charge in [-0.2, -0.15) is 5.26 Å². The monoisotopic (exact) mass is 274 g/mol. The number of anilines is 1. The molecule has 1 fully saturated rings. The minimum atomic E-state index is -0.524. The first-order valence-electron chi connectivity index (χ1n) is 6.67. The molecule has 20 heavy (non-hydrogen) atoms. The Hall–Kier alpha value is -2.13. The number of nitrogens with one attached hydrogen (secondary N) is 1. The summed E-state index contributed by atoms with van der Waals surface area (Å²) in [5.74, 6) is 0. The van der Waals surface area contributed by atoms with Gasteiger partial charge in [0.05, 0.1) is 4.92 Å². The molecule has 0 radical (unpaired) electrons. The van der Waals surface area contributed by atoms with Crippen LogP contribution in [0.25, 0.3) is 0 Å². The Labute approximate surface area is 118 Å². The standard InChI is InChI=1S/C14H18N4O2/c1-10(17(2)13-5-6-13)9-16-12-4-3-11(8-15)14(7-12)18(19)20/h3-4,7,10,13,16H,5-6,9H2,1-2H3. The van der Waals surface area contributed by atoms with E-state index in [1.807, 2.05) is 6.07 Å². The summed E-state index contributed by atoms with van der Waals surface area (Å²) in [6.45, 7) is 2.85. The van der Waals surface area contributed by atoms with Gasteiger partial charge in [-0.1, -0.05) is 0 Å². The van der Waals surface area contributed by atoms with E-state index in [9.17, 15) is 10.1 Å². The van der Waals surface area contributed by atoms with Crippen LogP contribution in [0.3, 0.4) is 0 Å². The number of rotatable bonds is 6. The molecule has 6 nitrogen and oxygen atoms in total. The van der Waals surface area contributed by atoms with Gasteiger partial charge in [-0.25, -0.2) is 0 Å². The van der Waals surface area contributed by atoms with Crippen molar-refractivity contribution < 1.29 is 4.92 Å². The van der Waals surface area contributed by atoms with Crippen molar-refractivity contribution in [1.29, 1.82) is 5.26 Å². The van der Waals surface area contributed by atoms with E-state index >= 15 is 0 Å². The topological polar surface area (TPSA) is 82.2 Å². The molecule has 0 heterocycles. The molecule has 0 saturated heterocycles. The van der Waals surface area contributed by atoms with Gasteiger partial charge in [0.15, 0.2) is 0 Å². The average molecular weight is 274 g/mol. The second kappa shape index (κ2) is 5.88. The maximum Gasteiger partial charge on any atom is 0.289 e. The molecule has 1 aliphatic carbocycles. The molecule has 0 bridgehead atoms. The van der Waals surface area contributed by atoms with Crippen LogP contribution in [0.5, 0.6) is 0 Å². The molecular weight excluding hydrogens is 256 g/mol. The predicted octanol–water partition coefficient (Wildman–Crippen LogP) is 2.36. The fourth-order valence-corrected chi connectivity index (χ4v) is 2.14. The van der Waals surface area contributed by atoms with E-state index in [0.717, 1.165) is 6.54 Å². The highest BCUT2D eigenvalue weighted by molar-refractivity contribution is 5.59. The first kappa shape index (κ1) is 14.3. The van der Waals surface area contributed by atoms with Crippen molar-refractivity contribution in [1.82, 2.24) is 4.90 Å². The fraction of sp³-hybridized carbons (Fsp3) is 0.500. The first-order valence-corrected chi connectivity index (χ1v) is 6.67. The Morgan fingerprint density at radius 3 is 2.85 bits per heavy atom. The summed E-state index contributed by atoms with van der Waals surface area (Å²) in [7, 11) is 2.10. The lowest BCUT2D eigenvalue weighted by atomic mass is 10.1. The molecule has 0 aromatic heterocycles. The zero-order valence-corrected chi connectivity index (χ0v) is 11.7. The highest BCUT2D eigenvalue weighted by Gasteiger charge is 2.28. The Kier molecular flexibility index (Phi) is 4.20. The third-order valence-electron chi connectivity index (χ3n) is 3.73. The fourth-order valence-electron chi connectivity index (χ4n) is 2.14. The van der Waals surface area contributed by atoms with E-state index in [1.165, 1.54) is 25.0 Å². The lowest BCUT2D eigenvalue weighted by Gasteiger charge is -2.25. The molecule has 6 heteroatoms. The molecule has 0 spiro atoms. The van der Waals surface area contributed by atoms with Gasteiger partial charge in [-0.15, -0.1) is 0 Å². The van der Waals surface area contributed by atoms with Gasteiger partial charge in [0.2, 0.25) is 0 Å². The summed E-state index contributed by atoms with van der Waals surface area (Å²) in [5.41, 5.74) is 0.608. The van der Waals surface area contributed by atoms with E-state index in [1.54, 1.807) is 6.07 Å². The Balaban J connectivity index is 2.01. The normalized spacial score (nSPS) is 15.7. The van der Waals surface area contributed by atoms with E-state index in [4.69, 9.17) is 5.26 Å². The van der Waals surface area contributed by atoms with E-state index in [-0.39, 0.29) is 11.3 Å². The Bertz CT molecular complexity index is 549. The second-order valence-electron chi connectivity index (χ2n) is 5.23. The minimum Gasteiger partial charge on any atom is -0.383 e. The van der Waals surface area contributed by atoms with Crippen LogP contribution < -0.4 is 5.32 Å². The maximum absolute atomic E-state index is 10.9. The molecule has 1 N–H and O–H groups in total. The van der Waals surface area contributed by atoms with Gasteiger partial charge in [0.1, 0.15) is 11.6 Å².